The molecule has 0 aliphatic rings. The Bertz CT molecular complexity index is 417. The van der Waals surface area contributed by atoms with Gasteiger partial charge in [-0.05, 0) is 38.6 Å². The number of hydrogen-bond acceptors (Lipinski definition) is 4. The molecular formula is C14H22N2O3. The van der Waals surface area contributed by atoms with Gasteiger partial charge in [-0.2, -0.15) is 0 Å². The van der Waals surface area contributed by atoms with Crippen LogP contribution in [0.25, 0.3) is 0 Å². The maximum Gasteiger partial charge on any atom is 0.252 e. The summed E-state index contributed by atoms with van der Waals surface area (Å²) >= 11 is 0. The summed E-state index contributed by atoms with van der Waals surface area (Å²) in [5, 5.41) is 24.1. The Balaban J connectivity index is 2.87. The number of nitrogens with one attached hydrogen (secondary N) is 2. The van der Waals surface area contributed by atoms with Gasteiger partial charge in [-0.25, -0.2) is 0 Å². The van der Waals surface area contributed by atoms with Gasteiger partial charge < -0.3 is 20.8 Å². The van der Waals surface area contributed by atoms with Gasteiger partial charge in [0.25, 0.3) is 5.91 Å². The van der Waals surface area contributed by atoms with E-state index in [-0.39, 0.29) is 19.1 Å². The van der Waals surface area contributed by atoms with Gasteiger partial charge in [0.15, 0.2) is 0 Å². The van der Waals surface area contributed by atoms with Crippen molar-refractivity contribution in [1.82, 2.24) is 10.6 Å². The highest BCUT2D eigenvalue weighted by Gasteiger charge is 2.25. The highest BCUT2D eigenvalue weighted by molar-refractivity contribution is 5.96. The van der Waals surface area contributed by atoms with Gasteiger partial charge in [0.05, 0.1) is 18.8 Å². The normalized spacial score (nSPS) is 11.4. The van der Waals surface area contributed by atoms with Crippen molar-refractivity contribution in [3.8, 4) is 0 Å². The molecule has 0 saturated carbocycles. The molecule has 106 valence electrons. The maximum atomic E-state index is 12.2. The fourth-order valence-corrected chi connectivity index (χ4v) is 1.69. The smallest absolute Gasteiger partial charge is 0.252 e. The molecule has 0 aliphatic carbocycles. The second-order valence-electron chi connectivity index (χ2n) is 4.84. The summed E-state index contributed by atoms with van der Waals surface area (Å²) in [6.45, 7) is 1.75. The van der Waals surface area contributed by atoms with Crippen LogP contribution in [-0.2, 0) is 6.42 Å². The summed E-state index contributed by atoms with van der Waals surface area (Å²) in [5.74, 6) is -0.280. The van der Waals surface area contributed by atoms with Crippen LogP contribution >= 0.6 is 0 Å². The van der Waals surface area contributed by atoms with Gasteiger partial charge in [0, 0.05) is 5.56 Å². The molecule has 19 heavy (non-hydrogen) atoms. The van der Waals surface area contributed by atoms with Crippen molar-refractivity contribution >= 4 is 5.91 Å². The highest BCUT2D eigenvalue weighted by atomic mass is 16.3. The Hall–Kier alpha value is -1.43. The van der Waals surface area contributed by atoms with Crippen molar-refractivity contribution in [3.63, 3.8) is 0 Å². The number of likely N-dealkylation sites (N-methyl/N-ethyl adjacent to an activating group) is 1. The third kappa shape index (κ3) is 4.31. The fourth-order valence-electron chi connectivity index (χ4n) is 1.69. The molecule has 0 aliphatic heterocycles. The molecule has 0 aromatic heterocycles. The van der Waals surface area contributed by atoms with Crippen LogP contribution in [0.2, 0.25) is 0 Å². The van der Waals surface area contributed by atoms with Crippen molar-refractivity contribution < 1.29 is 15.0 Å². The van der Waals surface area contributed by atoms with Gasteiger partial charge in [0.1, 0.15) is 0 Å². The van der Waals surface area contributed by atoms with Crippen LogP contribution in [0.4, 0.5) is 0 Å². The topological polar surface area (TPSA) is 81.6 Å². The SMILES string of the molecule is CNCCc1ccccc1C(=O)NC(C)(CO)CO. The van der Waals surface area contributed by atoms with Gasteiger partial charge in [-0.1, -0.05) is 18.2 Å². The molecule has 1 rings (SSSR count). The first kappa shape index (κ1) is 15.6. The molecular weight excluding hydrogens is 244 g/mol. The van der Waals surface area contributed by atoms with E-state index < -0.39 is 5.54 Å². The number of rotatable bonds is 7. The van der Waals surface area contributed by atoms with Gasteiger partial charge in [-0.15, -0.1) is 0 Å². The summed E-state index contributed by atoms with van der Waals surface area (Å²) in [4.78, 5) is 12.2. The number of benzene rings is 1. The number of carbonyl (C=O) groups is 1. The minimum atomic E-state index is -1.01. The summed E-state index contributed by atoms with van der Waals surface area (Å²) in [5.41, 5.74) is 0.506. The van der Waals surface area contributed by atoms with Gasteiger partial charge in [-0.3, -0.25) is 4.79 Å². The number of aliphatic hydroxyl groups is 2. The molecule has 0 saturated heterocycles. The first-order valence-corrected chi connectivity index (χ1v) is 6.33. The average molecular weight is 266 g/mol. The van der Waals surface area contributed by atoms with Crippen LogP contribution in [-0.4, -0.2) is 48.5 Å². The largest absolute Gasteiger partial charge is 0.394 e. The summed E-state index contributed by atoms with van der Waals surface area (Å²) in [7, 11) is 1.86. The van der Waals surface area contributed by atoms with Crippen molar-refractivity contribution in [2.45, 2.75) is 18.9 Å². The van der Waals surface area contributed by atoms with Crippen LogP contribution in [0.5, 0.6) is 0 Å². The van der Waals surface area contributed by atoms with Crippen molar-refractivity contribution in [2.75, 3.05) is 26.8 Å². The van der Waals surface area contributed by atoms with Crippen molar-refractivity contribution in [2.24, 2.45) is 0 Å². The third-order valence-corrected chi connectivity index (χ3v) is 3.02. The molecule has 1 amide bonds. The lowest BCUT2D eigenvalue weighted by atomic mass is 10.0. The van der Waals surface area contributed by atoms with E-state index in [9.17, 15) is 15.0 Å². The van der Waals surface area contributed by atoms with Crippen LogP contribution in [0.15, 0.2) is 24.3 Å². The first-order valence-electron chi connectivity index (χ1n) is 6.33. The Morgan fingerprint density at radius 1 is 1.26 bits per heavy atom. The summed E-state index contributed by atoms with van der Waals surface area (Å²) < 4.78 is 0. The van der Waals surface area contributed by atoms with Crippen LogP contribution in [0, 0.1) is 0 Å². The predicted molar refractivity (Wildman–Crippen MR) is 74.1 cm³/mol. The summed E-state index contributed by atoms with van der Waals surface area (Å²) in [6, 6.07) is 7.34. The van der Waals surface area contributed by atoms with E-state index in [0.717, 1.165) is 18.5 Å². The van der Waals surface area contributed by atoms with E-state index in [2.05, 4.69) is 10.6 Å². The van der Waals surface area contributed by atoms with E-state index >= 15 is 0 Å². The molecule has 5 heteroatoms. The molecule has 5 nitrogen and oxygen atoms in total. The second kappa shape index (κ2) is 7.23. The molecule has 0 fully saturated rings. The monoisotopic (exact) mass is 266 g/mol. The lowest BCUT2D eigenvalue weighted by Crippen LogP contribution is -2.51. The van der Waals surface area contributed by atoms with E-state index in [1.54, 1.807) is 19.1 Å². The highest BCUT2D eigenvalue weighted by Crippen LogP contribution is 2.11. The molecule has 0 bridgehead atoms. The van der Waals surface area contributed by atoms with E-state index in [1.165, 1.54) is 0 Å². The zero-order valence-electron chi connectivity index (χ0n) is 11.4. The lowest BCUT2D eigenvalue weighted by molar-refractivity contribution is 0.0723. The zero-order valence-corrected chi connectivity index (χ0v) is 11.4. The number of amides is 1. The number of hydrogen-bond donors (Lipinski definition) is 4. The quantitative estimate of drug-likeness (QED) is 0.556. The minimum absolute atomic E-state index is 0.280. The predicted octanol–water partition coefficient (Wildman–Crippen LogP) is -0.0784. The Kier molecular flexibility index (Phi) is 5.95. The third-order valence-electron chi connectivity index (χ3n) is 3.02. The maximum absolute atomic E-state index is 12.2. The average Bonchev–Trinajstić information content (AvgIpc) is 2.45. The second-order valence-corrected chi connectivity index (χ2v) is 4.84. The molecule has 4 N–H and O–H groups in total. The Morgan fingerprint density at radius 2 is 1.89 bits per heavy atom. The summed E-state index contributed by atoms with van der Waals surface area (Å²) in [6.07, 6.45) is 0.745. The molecule has 1 aromatic rings. The number of aliphatic hydroxyl groups excluding tert-OH is 2. The van der Waals surface area contributed by atoms with Crippen molar-refractivity contribution in [3.05, 3.63) is 35.4 Å². The molecule has 0 spiro atoms. The number of carbonyl (C=O) groups excluding carboxylic acids is 1. The molecule has 0 heterocycles. The standard InChI is InChI=1S/C14H22N2O3/c1-14(9-17,10-18)16-13(19)12-6-4-3-5-11(12)7-8-15-2/h3-6,15,17-18H,7-10H2,1-2H3,(H,16,19). The first-order chi connectivity index (χ1) is 9.06. The zero-order chi connectivity index (χ0) is 14.3. The van der Waals surface area contributed by atoms with E-state index in [0.29, 0.717) is 5.56 Å². The fraction of sp³-hybridized carbons (Fsp3) is 0.500. The van der Waals surface area contributed by atoms with Crippen molar-refractivity contribution in [1.29, 1.82) is 0 Å². The van der Waals surface area contributed by atoms with Crippen LogP contribution in [0.1, 0.15) is 22.8 Å². The molecule has 0 radical (unpaired) electrons. The molecule has 1 aromatic carbocycles. The van der Waals surface area contributed by atoms with E-state index in [4.69, 9.17) is 0 Å². The van der Waals surface area contributed by atoms with Crippen LogP contribution < -0.4 is 10.6 Å². The minimum Gasteiger partial charge on any atom is -0.394 e. The molecule has 0 unspecified atom stereocenters. The van der Waals surface area contributed by atoms with Gasteiger partial charge in [0.2, 0.25) is 0 Å². The molecule has 0 atom stereocenters. The lowest BCUT2D eigenvalue weighted by Gasteiger charge is -2.26. The van der Waals surface area contributed by atoms with Gasteiger partial charge >= 0.3 is 0 Å². The Labute approximate surface area is 113 Å². The van der Waals surface area contributed by atoms with E-state index in [1.807, 2.05) is 19.2 Å². The Morgan fingerprint density at radius 3 is 2.47 bits per heavy atom. The van der Waals surface area contributed by atoms with Crippen LogP contribution in [0.3, 0.4) is 0 Å².